The highest BCUT2D eigenvalue weighted by Crippen LogP contribution is 2.76. The molecule has 2 saturated heterocycles. The lowest BCUT2D eigenvalue weighted by atomic mass is 9.33. The van der Waals surface area contributed by atoms with Gasteiger partial charge in [0.15, 0.2) is 0 Å². The average Bonchev–Trinajstić information content (AvgIpc) is 3.46. The average molecular weight is 683 g/mol. The molecule has 8 rings (SSSR count). The van der Waals surface area contributed by atoms with Crippen LogP contribution < -0.4 is 10.1 Å². The van der Waals surface area contributed by atoms with Crippen molar-refractivity contribution in [3.63, 3.8) is 0 Å². The molecular formula is C45H66N2O3. The van der Waals surface area contributed by atoms with E-state index in [1.54, 1.807) is 0 Å². The lowest BCUT2D eigenvalue weighted by Gasteiger charge is -2.72. The predicted octanol–water partition coefficient (Wildman–Crippen LogP) is 9.47. The van der Waals surface area contributed by atoms with Crippen LogP contribution in [0.2, 0.25) is 0 Å². The summed E-state index contributed by atoms with van der Waals surface area (Å²) in [4.78, 5) is 13.7. The van der Waals surface area contributed by atoms with Gasteiger partial charge in [0.25, 0.3) is 6.47 Å². The number of carbonyl (C=O) groups excluding carboxylic acids is 1. The number of hydrogen-bond donors (Lipinski definition) is 1. The molecule has 2 heterocycles. The van der Waals surface area contributed by atoms with Crippen LogP contribution in [0.4, 0.5) is 0 Å². The van der Waals surface area contributed by atoms with E-state index < -0.39 is 0 Å². The van der Waals surface area contributed by atoms with Gasteiger partial charge in [0.2, 0.25) is 0 Å². The Morgan fingerprint density at radius 2 is 1.66 bits per heavy atom. The van der Waals surface area contributed by atoms with Gasteiger partial charge < -0.3 is 14.8 Å². The van der Waals surface area contributed by atoms with E-state index in [-0.39, 0.29) is 11.0 Å². The van der Waals surface area contributed by atoms with E-state index in [9.17, 15) is 4.79 Å². The molecule has 5 nitrogen and oxygen atoms in total. The zero-order chi connectivity index (χ0) is 35.1. The standard InChI is InChI=1S/C45H66N2O3/c1-30(2)35-17-22-45(46-25-26-47-32-9-8-10-33(47)28-49-27-32)24-23-43(6)37(40(35)45)15-16-39-42(5)20-18-36(31-11-13-34(14-12-31)50-29-48)41(3,4)38(42)19-21-44(39,43)7/h11-14,18,29,32-33,35,37-40,46H,1,8-10,15-17,19-28H2,2-7H3/t32?,33?,35-,37+,38-,39+,40+,42-,43+,44+,45-/m0/s1. The maximum absolute atomic E-state index is 10.9. The van der Waals surface area contributed by atoms with Gasteiger partial charge in [-0.25, -0.2) is 0 Å². The molecule has 11 atom stereocenters. The van der Waals surface area contributed by atoms with E-state index in [4.69, 9.17) is 9.47 Å². The maximum Gasteiger partial charge on any atom is 0.298 e. The first-order chi connectivity index (χ1) is 23.9. The lowest BCUT2D eigenvalue weighted by Crippen LogP contribution is -2.68. The van der Waals surface area contributed by atoms with Crippen LogP contribution in [0.5, 0.6) is 5.75 Å². The largest absolute Gasteiger partial charge is 0.429 e. The van der Waals surface area contributed by atoms with Crippen LogP contribution in [0.1, 0.15) is 124 Å². The van der Waals surface area contributed by atoms with Crippen LogP contribution in [0.15, 0.2) is 42.5 Å². The number of fused-ring (bicyclic) bond motifs is 9. The van der Waals surface area contributed by atoms with E-state index in [1.807, 2.05) is 12.1 Å². The second kappa shape index (κ2) is 12.6. The summed E-state index contributed by atoms with van der Waals surface area (Å²) in [6, 6.07) is 9.46. The quantitative estimate of drug-likeness (QED) is 0.219. The Morgan fingerprint density at radius 3 is 2.36 bits per heavy atom. The fourth-order valence-electron chi connectivity index (χ4n) is 15.0. The first-order valence-corrected chi connectivity index (χ1v) is 20.5. The Labute approximate surface area is 303 Å². The minimum atomic E-state index is 0.0836. The number of carbonyl (C=O) groups is 1. The summed E-state index contributed by atoms with van der Waals surface area (Å²) >= 11 is 0. The highest BCUT2D eigenvalue weighted by Gasteiger charge is 2.70. The zero-order valence-electron chi connectivity index (χ0n) is 32.2. The number of allylic oxidation sites excluding steroid dienone is 3. The van der Waals surface area contributed by atoms with Crippen molar-refractivity contribution in [2.75, 3.05) is 26.3 Å². The predicted molar refractivity (Wildman–Crippen MR) is 203 cm³/mol. The minimum absolute atomic E-state index is 0.0836. The molecule has 0 aromatic heterocycles. The summed E-state index contributed by atoms with van der Waals surface area (Å²) in [5, 5.41) is 4.39. The van der Waals surface area contributed by atoms with Crippen molar-refractivity contribution in [1.29, 1.82) is 0 Å². The van der Waals surface area contributed by atoms with E-state index in [0.29, 0.717) is 58.3 Å². The van der Waals surface area contributed by atoms with Gasteiger partial charge in [-0.3, -0.25) is 9.69 Å². The number of rotatable bonds is 8. The SMILES string of the molecule is C=C(C)[C@@H]1CC[C@]2(NCCN3C4CCCC3COC4)CC[C@]3(C)[C@H](CC[C@@H]4[C@@]5(C)CC=C(c6ccc(OC=O)cc6)C(C)(C)[C@@H]5CC[C@]43C)[C@@H]12. The van der Waals surface area contributed by atoms with Gasteiger partial charge in [0.1, 0.15) is 5.75 Å². The molecule has 6 fully saturated rings. The third-order valence-electron chi connectivity index (χ3n) is 17.5. The van der Waals surface area contributed by atoms with Crippen molar-refractivity contribution < 1.29 is 14.3 Å². The van der Waals surface area contributed by atoms with Gasteiger partial charge in [0, 0.05) is 30.7 Å². The number of morpholine rings is 1. The Hall–Kier alpha value is -1.95. The molecule has 5 heteroatoms. The Bertz CT molecular complexity index is 1480. The second-order valence-electron chi connectivity index (χ2n) is 19.6. The summed E-state index contributed by atoms with van der Waals surface area (Å²) in [7, 11) is 0. The Balaban J connectivity index is 1.05. The van der Waals surface area contributed by atoms with Crippen LogP contribution in [0.25, 0.3) is 5.57 Å². The van der Waals surface area contributed by atoms with Gasteiger partial charge in [-0.05, 0) is 152 Å². The van der Waals surface area contributed by atoms with E-state index in [1.165, 1.54) is 93.9 Å². The van der Waals surface area contributed by atoms with Gasteiger partial charge in [-0.15, -0.1) is 0 Å². The highest BCUT2D eigenvalue weighted by molar-refractivity contribution is 5.72. The number of nitrogens with zero attached hydrogens (tertiary/aromatic N) is 1. The van der Waals surface area contributed by atoms with Crippen LogP contribution in [0, 0.1) is 51.2 Å². The zero-order valence-corrected chi connectivity index (χ0v) is 32.2. The number of benzene rings is 1. The topological polar surface area (TPSA) is 50.8 Å². The number of hydrogen-bond acceptors (Lipinski definition) is 5. The molecule has 1 N–H and O–H groups in total. The molecule has 50 heavy (non-hydrogen) atoms. The Kier molecular flexibility index (Phi) is 8.83. The second-order valence-corrected chi connectivity index (χ2v) is 19.6. The smallest absolute Gasteiger partial charge is 0.298 e. The summed E-state index contributed by atoms with van der Waals surface area (Å²) < 4.78 is 11.1. The minimum Gasteiger partial charge on any atom is -0.429 e. The molecular weight excluding hydrogens is 617 g/mol. The summed E-state index contributed by atoms with van der Waals surface area (Å²) in [5.41, 5.74) is 5.52. The molecule has 0 radical (unpaired) electrons. The van der Waals surface area contributed by atoms with Crippen molar-refractivity contribution in [3.05, 3.63) is 48.1 Å². The molecule has 1 aromatic carbocycles. The van der Waals surface area contributed by atoms with Crippen molar-refractivity contribution in [3.8, 4) is 5.75 Å². The number of ether oxygens (including phenoxy) is 2. The molecule has 0 amide bonds. The molecule has 4 saturated carbocycles. The first-order valence-electron chi connectivity index (χ1n) is 20.5. The monoisotopic (exact) mass is 683 g/mol. The summed E-state index contributed by atoms with van der Waals surface area (Å²) in [6.45, 7) is 25.0. The fourth-order valence-corrected chi connectivity index (χ4v) is 15.0. The van der Waals surface area contributed by atoms with Crippen molar-refractivity contribution in [1.82, 2.24) is 10.2 Å². The van der Waals surface area contributed by atoms with Gasteiger partial charge >= 0.3 is 0 Å². The highest BCUT2D eigenvalue weighted by atomic mass is 16.5. The molecule has 5 aliphatic carbocycles. The lowest BCUT2D eigenvalue weighted by molar-refractivity contribution is -0.219. The van der Waals surface area contributed by atoms with Crippen LogP contribution in [-0.4, -0.2) is 55.3 Å². The molecule has 274 valence electrons. The molecule has 1 aromatic rings. The van der Waals surface area contributed by atoms with Crippen LogP contribution in [-0.2, 0) is 9.53 Å². The molecule has 2 unspecified atom stereocenters. The number of piperidine rings is 1. The van der Waals surface area contributed by atoms with Crippen molar-refractivity contribution >= 4 is 12.0 Å². The summed E-state index contributed by atoms with van der Waals surface area (Å²) in [5.74, 6) is 4.10. The fraction of sp³-hybridized carbons (Fsp3) is 0.756. The maximum atomic E-state index is 10.9. The van der Waals surface area contributed by atoms with E-state index >= 15 is 0 Å². The first kappa shape index (κ1) is 35.1. The molecule has 0 spiro atoms. The Morgan fingerprint density at radius 1 is 0.920 bits per heavy atom. The van der Waals surface area contributed by atoms with Crippen LogP contribution >= 0.6 is 0 Å². The van der Waals surface area contributed by atoms with E-state index in [2.05, 4.69) is 76.5 Å². The molecule has 2 aliphatic heterocycles. The van der Waals surface area contributed by atoms with Crippen molar-refractivity contribution in [2.24, 2.45) is 51.2 Å². The normalized spacial score (nSPS) is 44.9. The van der Waals surface area contributed by atoms with Crippen molar-refractivity contribution in [2.45, 2.75) is 136 Å². The summed E-state index contributed by atoms with van der Waals surface area (Å²) in [6.07, 6.45) is 18.5. The third kappa shape index (κ3) is 5.12. The van der Waals surface area contributed by atoms with Gasteiger partial charge in [0.05, 0.1) is 13.2 Å². The third-order valence-corrected chi connectivity index (χ3v) is 17.5. The van der Waals surface area contributed by atoms with Gasteiger partial charge in [-0.1, -0.05) is 71.4 Å². The van der Waals surface area contributed by atoms with Crippen LogP contribution in [0.3, 0.4) is 0 Å². The van der Waals surface area contributed by atoms with E-state index in [0.717, 1.165) is 38.0 Å². The number of nitrogens with one attached hydrogen (secondary N) is 1. The van der Waals surface area contributed by atoms with Gasteiger partial charge in [-0.2, -0.15) is 0 Å². The molecule has 7 aliphatic rings. The molecule has 2 bridgehead atoms.